The van der Waals surface area contributed by atoms with Gasteiger partial charge in [-0.25, -0.2) is 9.97 Å². The fourth-order valence-corrected chi connectivity index (χ4v) is 3.11. The highest BCUT2D eigenvalue weighted by molar-refractivity contribution is 5.87. The summed E-state index contributed by atoms with van der Waals surface area (Å²) >= 11 is 0. The van der Waals surface area contributed by atoms with Crippen LogP contribution in [-0.4, -0.2) is 55.7 Å². The van der Waals surface area contributed by atoms with Gasteiger partial charge in [-0.1, -0.05) is 12.1 Å². The Morgan fingerprint density at radius 3 is 2.96 bits per heavy atom. The normalized spacial score (nSPS) is 18.2. The van der Waals surface area contributed by atoms with Crippen LogP contribution in [0.2, 0.25) is 0 Å². The fourth-order valence-electron chi connectivity index (χ4n) is 3.11. The van der Waals surface area contributed by atoms with Crippen LogP contribution in [0.5, 0.6) is 0 Å². The summed E-state index contributed by atoms with van der Waals surface area (Å²) < 4.78 is 12.9. The minimum absolute atomic E-state index is 0.00181. The van der Waals surface area contributed by atoms with E-state index in [4.69, 9.17) is 9.26 Å². The van der Waals surface area contributed by atoms with Crippen LogP contribution in [0.1, 0.15) is 24.5 Å². The average Bonchev–Trinajstić information content (AvgIpc) is 3.21. The molecule has 132 valence electrons. The number of morpholine rings is 1. The van der Waals surface area contributed by atoms with Crippen LogP contribution in [0.3, 0.4) is 0 Å². The molecule has 1 aliphatic heterocycles. The summed E-state index contributed by atoms with van der Waals surface area (Å²) in [6.07, 6.45) is 3.18. The van der Waals surface area contributed by atoms with Crippen molar-refractivity contribution in [1.82, 2.24) is 29.9 Å². The van der Waals surface area contributed by atoms with Crippen LogP contribution in [-0.2, 0) is 24.6 Å². The molecular weight excluding hydrogens is 322 g/mol. The van der Waals surface area contributed by atoms with Gasteiger partial charge in [0.2, 0.25) is 5.89 Å². The van der Waals surface area contributed by atoms with E-state index >= 15 is 0 Å². The summed E-state index contributed by atoms with van der Waals surface area (Å²) in [7, 11) is 1.89. The van der Waals surface area contributed by atoms with E-state index in [9.17, 15) is 0 Å². The summed E-state index contributed by atoms with van der Waals surface area (Å²) in [6.45, 7) is 6.03. The van der Waals surface area contributed by atoms with Crippen molar-refractivity contribution in [1.29, 1.82) is 0 Å². The third-order valence-corrected chi connectivity index (χ3v) is 4.34. The summed E-state index contributed by atoms with van der Waals surface area (Å²) in [4.78, 5) is 15.7. The van der Waals surface area contributed by atoms with Gasteiger partial charge in [0, 0.05) is 33.0 Å². The molecule has 0 spiro atoms. The average molecular weight is 343 g/mol. The molecule has 0 aromatic carbocycles. The molecule has 25 heavy (non-hydrogen) atoms. The van der Waals surface area contributed by atoms with Gasteiger partial charge in [0.25, 0.3) is 0 Å². The number of rotatable bonds is 4. The third-order valence-electron chi connectivity index (χ3n) is 4.34. The zero-order valence-electron chi connectivity index (χ0n) is 14.6. The van der Waals surface area contributed by atoms with Gasteiger partial charge in [-0.05, 0) is 6.92 Å². The van der Waals surface area contributed by atoms with Gasteiger partial charge in [0.1, 0.15) is 11.6 Å². The lowest BCUT2D eigenvalue weighted by Crippen LogP contribution is -2.44. The topological polar surface area (TPSA) is 95.0 Å². The van der Waals surface area contributed by atoms with Crippen LogP contribution in [0.4, 0.5) is 5.82 Å². The molecule has 0 radical (unpaired) electrons. The van der Waals surface area contributed by atoms with Gasteiger partial charge in [0.15, 0.2) is 11.5 Å². The molecule has 1 atom stereocenters. The first kappa shape index (κ1) is 15.9. The number of anilines is 1. The van der Waals surface area contributed by atoms with Crippen molar-refractivity contribution in [3.05, 3.63) is 23.7 Å². The molecule has 4 heterocycles. The predicted molar refractivity (Wildman–Crippen MR) is 90.4 cm³/mol. The standard InChI is InChI=1S/C16H21N7O2/c1-4-14-20-13(21-25-14)7-11-9-23(5-6-24-11)16-12-8-17-22(3)15(12)18-10(2)19-16/h8,11H,4-7,9H2,1-3H3/t11-/m1/s1. The molecule has 3 aromatic heterocycles. The Kier molecular flexibility index (Phi) is 4.08. The lowest BCUT2D eigenvalue weighted by Gasteiger charge is -2.33. The third kappa shape index (κ3) is 3.07. The summed E-state index contributed by atoms with van der Waals surface area (Å²) in [5.74, 6) is 2.99. The molecule has 0 N–H and O–H groups in total. The maximum atomic E-state index is 5.90. The van der Waals surface area contributed by atoms with Crippen molar-refractivity contribution in [2.75, 3.05) is 24.6 Å². The molecule has 0 aliphatic carbocycles. The molecule has 0 amide bonds. The molecule has 0 unspecified atom stereocenters. The minimum Gasteiger partial charge on any atom is -0.374 e. The quantitative estimate of drug-likeness (QED) is 0.694. The SMILES string of the molecule is CCc1nc(C[C@@H]2CN(c3nc(C)nc4c3cnn4C)CCO2)no1. The van der Waals surface area contributed by atoms with Gasteiger partial charge in [-0.15, -0.1) is 0 Å². The highest BCUT2D eigenvalue weighted by Gasteiger charge is 2.25. The van der Waals surface area contributed by atoms with Crippen molar-refractivity contribution < 1.29 is 9.26 Å². The molecular formula is C16H21N7O2. The van der Waals surface area contributed by atoms with E-state index in [2.05, 4.69) is 30.1 Å². The second kappa shape index (κ2) is 6.40. The second-order valence-electron chi connectivity index (χ2n) is 6.20. The molecule has 0 bridgehead atoms. The van der Waals surface area contributed by atoms with Crippen molar-refractivity contribution in [2.24, 2.45) is 7.05 Å². The van der Waals surface area contributed by atoms with Gasteiger partial charge in [-0.2, -0.15) is 10.1 Å². The van der Waals surface area contributed by atoms with Crippen LogP contribution < -0.4 is 4.90 Å². The number of ether oxygens (including phenoxy) is 1. The Morgan fingerprint density at radius 1 is 1.28 bits per heavy atom. The first-order valence-electron chi connectivity index (χ1n) is 8.48. The summed E-state index contributed by atoms with van der Waals surface area (Å²) in [5, 5.41) is 9.30. The Morgan fingerprint density at radius 2 is 2.16 bits per heavy atom. The number of aryl methyl sites for hydroxylation is 3. The van der Waals surface area contributed by atoms with Crippen LogP contribution in [0.15, 0.2) is 10.7 Å². The second-order valence-corrected chi connectivity index (χ2v) is 6.20. The van der Waals surface area contributed by atoms with E-state index in [1.165, 1.54) is 0 Å². The largest absolute Gasteiger partial charge is 0.374 e. The highest BCUT2D eigenvalue weighted by Crippen LogP contribution is 2.25. The Labute approximate surface area is 145 Å². The lowest BCUT2D eigenvalue weighted by atomic mass is 10.2. The molecule has 4 rings (SSSR count). The molecule has 1 saturated heterocycles. The molecule has 1 aliphatic rings. The molecule has 9 heteroatoms. The van der Waals surface area contributed by atoms with Gasteiger partial charge in [0.05, 0.1) is 24.3 Å². The van der Waals surface area contributed by atoms with Gasteiger partial charge in [-0.3, -0.25) is 4.68 Å². The van der Waals surface area contributed by atoms with E-state index in [0.717, 1.165) is 42.2 Å². The van der Waals surface area contributed by atoms with Crippen LogP contribution in [0.25, 0.3) is 11.0 Å². The summed E-state index contributed by atoms with van der Waals surface area (Å²) in [5.41, 5.74) is 0.844. The van der Waals surface area contributed by atoms with Gasteiger partial charge < -0.3 is 14.2 Å². The summed E-state index contributed by atoms with van der Waals surface area (Å²) in [6, 6.07) is 0. The first-order chi connectivity index (χ1) is 12.1. The maximum absolute atomic E-state index is 5.90. The van der Waals surface area contributed by atoms with Crippen molar-refractivity contribution in [3.63, 3.8) is 0 Å². The molecule has 0 saturated carbocycles. The van der Waals surface area contributed by atoms with E-state index < -0.39 is 0 Å². The first-order valence-corrected chi connectivity index (χ1v) is 8.48. The van der Waals surface area contributed by atoms with Crippen molar-refractivity contribution >= 4 is 16.9 Å². The number of fused-ring (bicyclic) bond motifs is 1. The van der Waals surface area contributed by atoms with Crippen molar-refractivity contribution in [3.8, 4) is 0 Å². The van der Waals surface area contributed by atoms with Crippen molar-refractivity contribution in [2.45, 2.75) is 32.8 Å². The number of nitrogens with zero attached hydrogens (tertiary/aromatic N) is 7. The van der Waals surface area contributed by atoms with E-state index in [0.29, 0.717) is 24.7 Å². The minimum atomic E-state index is -0.00181. The fraction of sp³-hybridized carbons (Fsp3) is 0.562. The number of aromatic nitrogens is 6. The molecule has 1 fully saturated rings. The Bertz CT molecular complexity index is 888. The molecule has 9 nitrogen and oxygen atoms in total. The molecule has 3 aromatic rings. The van der Waals surface area contributed by atoms with E-state index in [1.54, 1.807) is 4.68 Å². The Hall–Kier alpha value is -2.55. The number of hydrogen-bond donors (Lipinski definition) is 0. The van der Waals surface area contributed by atoms with E-state index in [1.807, 2.05) is 27.1 Å². The van der Waals surface area contributed by atoms with Gasteiger partial charge >= 0.3 is 0 Å². The zero-order valence-corrected chi connectivity index (χ0v) is 14.6. The van der Waals surface area contributed by atoms with Crippen LogP contribution in [0, 0.1) is 6.92 Å². The van der Waals surface area contributed by atoms with E-state index in [-0.39, 0.29) is 6.10 Å². The lowest BCUT2D eigenvalue weighted by molar-refractivity contribution is 0.0393. The monoisotopic (exact) mass is 343 g/mol. The maximum Gasteiger partial charge on any atom is 0.226 e. The smallest absolute Gasteiger partial charge is 0.226 e. The Balaban J connectivity index is 1.57. The predicted octanol–water partition coefficient (Wildman–Crippen LogP) is 1.07. The number of hydrogen-bond acceptors (Lipinski definition) is 8. The van der Waals surface area contributed by atoms with Crippen LogP contribution >= 0.6 is 0 Å². The highest BCUT2D eigenvalue weighted by atomic mass is 16.5. The zero-order chi connectivity index (χ0) is 17.4.